The summed E-state index contributed by atoms with van der Waals surface area (Å²) in [6.45, 7) is -4.27. The third-order valence-corrected chi connectivity index (χ3v) is 6.21. The second kappa shape index (κ2) is 7.37. The van der Waals surface area contributed by atoms with Crippen LogP contribution < -0.4 is 0 Å². The van der Waals surface area contributed by atoms with E-state index in [1.165, 1.54) is 0 Å². The lowest BCUT2D eigenvalue weighted by molar-refractivity contribution is -0.165. The van der Waals surface area contributed by atoms with Crippen LogP contribution in [0.15, 0.2) is 36.4 Å². The maximum atomic E-state index is 13.7. The minimum atomic E-state index is -5.14. The first kappa shape index (κ1) is 21.7. The molecule has 0 atom stereocenters. The van der Waals surface area contributed by atoms with E-state index in [1.807, 2.05) is 0 Å². The lowest BCUT2D eigenvalue weighted by atomic mass is 10.1. The van der Waals surface area contributed by atoms with Crippen molar-refractivity contribution in [3.8, 4) is 11.1 Å². The fourth-order valence-electron chi connectivity index (χ4n) is 3.02. The van der Waals surface area contributed by atoms with E-state index < -0.39 is 50.5 Å². The highest BCUT2D eigenvalue weighted by Crippen LogP contribution is 2.69. The predicted molar refractivity (Wildman–Crippen MR) is 85.3 cm³/mol. The van der Waals surface area contributed by atoms with E-state index in [0.717, 1.165) is 36.4 Å². The van der Waals surface area contributed by atoms with Crippen molar-refractivity contribution in [2.75, 3.05) is 13.2 Å². The minimum Gasteiger partial charge on any atom is -0.298 e. The molecular formula is C17H11F8O3P. The van der Waals surface area contributed by atoms with Gasteiger partial charge in [0.25, 0.3) is 0 Å². The SMILES string of the molecule is O=P(OCC(F)(F)F)(OCC(F)(F)F)C1c2ccc(F)cc2-c2cc(F)ccc21. The molecule has 3 nitrogen and oxygen atoms in total. The van der Waals surface area contributed by atoms with Crippen molar-refractivity contribution in [3.05, 3.63) is 59.2 Å². The van der Waals surface area contributed by atoms with Gasteiger partial charge in [-0.1, -0.05) is 12.1 Å². The highest BCUT2D eigenvalue weighted by Gasteiger charge is 2.48. The lowest BCUT2D eigenvalue weighted by Crippen LogP contribution is -2.21. The molecule has 2 aromatic carbocycles. The molecule has 0 saturated carbocycles. The maximum Gasteiger partial charge on any atom is 0.412 e. The zero-order chi connectivity index (χ0) is 21.6. The van der Waals surface area contributed by atoms with Gasteiger partial charge < -0.3 is 0 Å². The quantitative estimate of drug-likeness (QED) is 0.395. The smallest absolute Gasteiger partial charge is 0.298 e. The summed E-state index contributed by atoms with van der Waals surface area (Å²) in [5, 5.41) is 0. The first-order chi connectivity index (χ1) is 13.3. The van der Waals surface area contributed by atoms with E-state index in [9.17, 15) is 39.7 Å². The predicted octanol–water partition coefficient (Wildman–Crippen LogP) is 6.39. The average Bonchev–Trinajstić information content (AvgIpc) is 2.91. The number of fused-ring (bicyclic) bond motifs is 3. The Hall–Kier alpha value is -1.97. The summed E-state index contributed by atoms with van der Waals surface area (Å²) in [7, 11) is -5.14. The zero-order valence-corrected chi connectivity index (χ0v) is 15.0. The molecule has 1 aliphatic rings. The molecule has 0 unspecified atom stereocenters. The van der Waals surface area contributed by atoms with Gasteiger partial charge in [-0.25, -0.2) is 8.78 Å². The van der Waals surface area contributed by atoms with Crippen LogP contribution in [0.1, 0.15) is 16.8 Å². The number of hydrogen-bond donors (Lipinski definition) is 0. The molecule has 158 valence electrons. The van der Waals surface area contributed by atoms with Crippen molar-refractivity contribution < 1.29 is 48.7 Å². The molecule has 3 rings (SSSR count). The van der Waals surface area contributed by atoms with Crippen LogP contribution in [-0.2, 0) is 13.6 Å². The summed E-state index contributed by atoms with van der Waals surface area (Å²) in [6, 6.07) is 5.65. The number of hydrogen-bond acceptors (Lipinski definition) is 3. The molecule has 0 saturated heterocycles. The topological polar surface area (TPSA) is 35.5 Å². The van der Waals surface area contributed by atoms with Gasteiger partial charge in [0.1, 0.15) is 17.3 Å². The molecule has 12 heteroatoms. The van der Waals surface area contributed by atoms with Gasteiger partial charge in [0, 0.05) is 0 Å². The van der Waals surface area contributed by atoms with Crippen molar-refractivity contribution in [2.24, 2.45) is 0 Å². The van der Waals surface area contributed by atoms with Crippen molar-refractivity contribution in [1.82, 2.24) is 0 Å². The largest absolute Gasteiger partial charge is 0.412 e. The molecule has 0 heterocycles. The van der Waals surface area contributed by atoms with Crippen LogP contribution in [0.3, 0.4) is 0 Å². The Bertz CT molecular complexity index is 897. The molecule has 0 N–H and O–H groups in total. The van der Waals surface area contributed by atoms with Crippen molar-refractivity contribution in [2.45, 2.75) is 18.0 Å². The highest BCUT2D eigenvalue weighted by molar-refractivity contribution is 7.54. The van der Waals surface area contributed by atoms with Gasteiger partial charge in [-0.05, 0) is 46.5 Å². The first-order valence-electron chi connectivity index (χ1n) is 7.91. The molecule has 29 heavy (non-hydrogen) atoms. The fourth-order valence-corrected chi connectivity index (χ4v) is 5.18. The van der Waals surface area contributed by atoms with E-state index >= 15 is 0 Å². The van der Waals surface area contributed by atoms with Gasteiger partial charge in [-0.15, -0.1) is 0 Å². The van der Waals surface area contributed by atoms with Gasteiger partial charge in [0.15, 0.2) is 13.2 Å². The molecule has 1 aliphatic carbocycles. The Labute approximate surface area is 158 Å². The lowest BCUT2D eigenvalue weighted by Gasteiger charge is -2.26. The third kappa shape index (κ3) is 4.79. The Morgan fingerprint density at radius 3 is 1.48 bits per heavy atom. The summed E-state index contributed by atoms with van der Waals surface area (Å²) >= 11 is 0. The van der Waals surface area contributed by atoms with Gasteiger partial charge in [0.05, 0.1) is 0 Å². The molecule has 0 aliphatic heterocycles. The fraction of sp³-hybridized carbons (Fsp3) is 0.294. The molecule has 0 spiro atoms. The second-order valence-corrected chi connectivity index (χ2v) is 8.30. The molecular weight excluding hydrogens is 435 g/mol. The monoisotopic (exact) mass is 446 g/mol. The number of benzene rings is 2. The normalized spacial score (nSPS) is 14.8. The Balaban J connectivity index is 2.13. The molecule has 0 amide bonds. The second-order valence-electron chi connectivity index (χ2n) is 6.18. The van der Waals surface area contributed by atoms with Gasteiger partial charge >= 0.3 is 19.9 Å². The summed E-state index contributed by atoms with van der Waals surface area (Å²) in [6.07, 6.45) is -10.0. The van der Waals surface area contributed by atoms with E-state index in [-0.39, 0.29) is 22.3 Å². The van der Waals surface area contributed by atoms with Crippen LogP contribution >= 0.6 is 7.60 Å². The Kier molecular flexibility index (Phi) is 5.53. The van der Waals surface area contributed by atoms with E-state index in [0.29, 0.717) is 0 Å². The Morgan fingerprint density at radius 1 is 0.759 bits per heavy atom. The van der Waals surface area contributed by atoms with Crippen LogP contribution in [-0.4, -0.2) is 25.6 Å². The van der Waals surface area contributed by atoms with E-state index in [2.05, 4.69) is 9.05 Å². The summed E-state index contributed by atoms with van der Waals surface area (Å²) < 4.78 is 125. The minimum absolute atomic E-state index is 0.0315. The molecule has 0 aromatic heterocycles. The van der Waals surface area contributed by atoms with Gasteiger partial charge in [0.2, 0.25) is 0 Å². The van der Waals surface area contributed by atoms with Crippen LogP contribution in [0.25, 0.3) is 11.1 Å². The summed E-state index contributed by atoms with van der Waals surface area (Å²) in [5.41, 5.74) is -1.98. The van der Waals surface area contributed by atoms with Crippen molar-refractivity contribution in [1.29, 1.82) is 0 Å². The van der Waals surface area contributed by atoms with E-state index in [1.54, 1.807) is 0 Å². The van der Waals surface area contributed by atoms with Crippen molar-refractivity contribution >= 4 is 7.60 Å². The summed E-state index contributed by atoms with van der Waals surface area (Å²) in [4.78, 5) is 0. The molecule has 0 radical (unpaired) electrons. The third-order valence-electron chi connectivity index (χ3n) is 4.04. The molecule has 0 fully saturated rings. The number of rotatable bonds is 5. The van der Waals surface area contributed by atoms with Crippen molar-refractivity contribution in [3.63, 3.8) is 0 Å². The average molecular weight is 446 g/mol. The zero-order valence-electron chi connectivity index (χ0n) is 14.2. The first-order valence-corrected chi connectivity index (χ1v) is 9.52. The van der Waals surface area contributed by atoms with Gasteiger partial charge in [-0.2, -0.15) is 26.3 Å². The van der Waals surface area contributed by atoms with E-state index in [4.69, 9.17) is 0 Å². The standard InChI is InChI=1S/C17H11F8O3P/c18-9-1-3-11-13(5-9)14-6-10(19)2-4-12(14)15(11)29(26,27-7-16(20,21)22)28-8-17(23,24)25/h1-6,15H,7-8H2. The summed E-state index contributed by atoms with van der Waals surface area (Å²) in [5.74, 6) is -1.58. The molecule has 0 bridgehead atoms. The van der Waals surface area contributed by atoms with Crippen LogP contribution in [0, 0.1) is 11.6 Å². The van der Waals surface area contributed by atoms with Crippen LogP contribution in [0.2, 0.25) is 0 Å². The Morgan fingerprint density at radius 2 is 1.14 bits per heavy atom. The van der Waals surface area contributed by atoms with Crippen LogP contribution in [0.5, 0.6) is 0 Å². The maximum absolute atomic E-state index is 13.7. The number of halogens is 8. The number of alkyl halides is 6. The highest BCUT2D eigenvalue weighted by atomic mass is 31.2. The van der Waals surface area contributed by atoms with Crippen LogP contribution in [0.4, 0.5) is 35.1 Å². The van der Waals surface area contributed by atoms with Gasteiger partial charge in [-0.3, -0.25) is 13.6 Å². The molecule has 2 aromatic rings.